The summed E-state index contributed by atoms with van der Waals surface area (Å²) in [7, 11) is 1.22. The van der Waals surface area contributed by atoms with Gasteiger partial charge in [0.2, 0.25) is 0 Å². The topological polar surface area (TPSA) is 46.3 Å². The van der Waals surface area contributed by atoms with Crippen LogP contribution in [0, 0.1) is 0 Å². The van der Waals surface area contributed by atoms with Crippen LogP contribution in [0.1, 0.15) is 6.92 Å². The van der Waals surface area contributed by atoms with Crippen LogP contribution >= 0.6 is 0 Å². The highest BCUT2D eigenvalue weighted by molar-refractivity contribution is 5.71. The summed E-state index contributed by atoms with van der Waals surface area (Å²) in [4.78, 5) is 11.0. The molecule has 0 unspecified atom stereocenters. The van der Waals surface area contributed by atoms with Crippen LogP contribution in [-0.2, 0) is 0 Å². The van der Waals surface area contributed by atoms with Gasteiger partial charge < -0.3 is 10.6 Å². The van der Waals surface area contributed by atoms with E-state index in [4.69, 9.17) is 5.73 Å². The lowest BCUT2D eigenvalue weighted by Crippen LogP contribution is -2.39. The normalized spacial score (nSPS) is 11.2. The number of nitrogens with two attached hydrogens (primary N) is 1. The Hall–Kier alpha value is -0.870. The summed E-state index contributed by atoms with van der Waals surface area (Å²) in [6.45, 7) is 0.0920. The summed E-state index contributed by atoms with van der Waals surface area (Å²) in [6, 6.07) is -0.846. The first kappa shape index (κ1) is 9.13. The molecule has 5 heteroatoms. The van der Waals surface area contributed by atoms with Crippen LogP contribution < -0.4 is 5.73 Å². The summed E-state index contributed by atoms with van der Waals surface area (Å²) in [5.41, 5.74) is 4.70. The van der Waals surface area contributed by atoms with Crippen LogP contribution in [0.2, 0.25) is 0 Å². The first-order valence-electron chi connectivity index (χ1n) is 2.71. The van der Waals surface area contributed by atoms with Gasteiger partial charge in [0.25, 0.3) is 5.92 Å². The van der Waals surface area contributed by atoms with E-state index in [1.165, 1.54) is 7.05 Å². The maximum Gasteiger partial charge on any atom is 0.314 e. The molecule has 2 N–H and O–H groups in total. The van der Waals surface area contributed by atoms with Crippen molar-refractivity contribution in [2.24, 2.45) is 5.73 Å². The van der Waals surface area contributed by atoms with Gasteiger partial charge >= 0.3 is 6.03 Å². The third-order valence-corrected chi connectivity index (χ3v) is 0.891. The summed E-state index contributed by atoms with van der Waals surface area (Å²) in [5.74, 6) is -2.87. The number of amides is 2. The summed E-state index contributed by atoms with van der Waals surface area (Å²) in [6.07, 6.45) is 0. The Labute approximate surface area is 57.8 Å². The van der Waals surface area contributed by atoms with Gasteiger partial charge in [-0.3, -0.25) is 0 Å². The number of carbonyl (C=O) groups is 1. The Morgan fingerprint density at radius 2 is 2.10 bits per heavy atom. The summed E-state index contributed by atoms with van der Waals surface area (Å²) >= 11 is 0. The predicted molar refractivity (Wildman–Crippen MR) is 32.8 cm³/mol. The molecule has 2 amide bonds. The average Bonchev–Trinajstić information content (AvgIpc) is 1.60. The molecule has 0 bridgehead atoms. The lowest BCUT2D eigenvalue weighted by molar-refractivity contribution is 0.00128. The van der Waals surface area contributed by atoms with E-state index < -0.39 is 18.5 Å². The molecule has 0 saturated carbocycles. The Bertz CT molecular complexity index is 132. The first-order chi connectivity index (χ1) is 4.33. The molecule has 0 aromatic carbocycles. The fraction of sp³-hybridized carbons (Fsp3) is 0.800. The van der Waals surface area contributed by atoms with Crippen LogP contribution in [0.25, 0.3) is 0 Å². The molecule has 0 aliphatic heterocycles. The fourth-order valence-corrected chi connectivity index (χ4v) is 0.494. The highest BCUT2D eigenvalue weighted by atomic mass is 19.3. The van der Waals surface area contributed by atoms with E-state index in [0.29, 0.717) is 0 Å². The highest BCUT2D eigenvalue weighted by Gasteiger charge is 2.24. The maximum absolute atomic E-state index is 12.1. The second kappa shape index (κ2) is 2.81. The van der Waals surface area contributed by atoms with Gasteiger partial charge in [-0.1, -0.05) is 0 Å². The number of hydrogen-bond donors (Lipinski definition) is 1. The summed E-state index contributed by atoms with van der Waals surface area (Å²) in [5, 5.41) is 0. The van der Waals surface area contributed by atoms with Crippen molar-refractivity contribution in [2.45, 2.75) is 12.8 Å². The third-order valence-electron chi connectivity index (χ3n) is 0.891. The van der Waals surface area contributed by atoms with Gasteiger partial charge in [-0.25, -0.2) is 13.6 Å². The monoisotopic (exact) mass is 152 g/mol. The van der Waals surface area contributed by atoms with Gasteiger partial charge in [0, 0.05) is 14.0 Å². The maximum atomic E-state index is 12.1. The molecule has 3 nitrogen and oxygen atoms in total. The molecule has 0 aromatic heterocycles. The van der Waals surface area contributed by atoms with Crippen LogP contribution in [-0.4, -0.2) is 30.4 Å². The zero-order valence-corrected chi connectivity index (χ0v) is 5.90. The van der Waals surface area contributed by atoms with E-state index in [1.807, 2.05) is 0 Å². The van der Waals surface area contributed by atoms with Crippen molar-refractivity contribution in [3.63, 3.8) is 0 Å². The number of hydrogen-bond acceptors (Lipinski definition) is 1. The van der Waals surface area contributed by atoms with Gasteiger partial charge in [-0.05, 0) is 0 Å². The van der Waals surface area contributed by atoms with Gasteiger partial charge in [-0.15, -0.1) is 0 Å². The zero-order chi connectivity index (χ0) is 8.36. The molecular formula is C5H10F2N2O. The largest absolute Gasteiger partial charge is 0.351 e. The Balaban J connectivity index is 3.80. The second-order valence-electron chi connectivity index (χ2n) is 2.26. The minimum Gasteiger partial charge on any atom is -0.351 e. The van der Waals surface area contributed by atoms with Crippen LogP contribution in [0.4, 0.5) is 13.6 Å². The van der Waals surface area contributed by atoms with E-state index in [1.54, 1.807) is 0 Å². The lowest BCUT2D eigenvalue weighted by Gasteiger charge is -2.18. The number of urea groups is 1. The SMILES string of the molecule is CN(CC(C)(F)F)C(N)=O. The van der Waals surface area contributed by atoms with Crippen LogP contribution in [0.15, 0.2) is 0 Å². The van der Waals surface area contributed by atoms with Gasteiger partial charge in [0.1, 0.15) is 0 Å². The van der Waals surface area contributed by atoms with Crippen molar-refractivity contribution in [1.82, 2.24) is 4.90 Å². The van der Waals surface area contributed by atoms with Crippen LogP contribution in [0.3, 0.4) is 0 Å². The zero-order valence-electron chi connectivity index (χ0n) is 5.90. The molecule has 10 heavy (non-hydrogen) atoms. The molecule has 0 aliphatic rings. The molecule has 0 fully saturated rings. The fourth-order valence-electron chi connectivity index (χ4n) is 0.494. The molecular weight excluding hydrogens is 142 g/mol. The highest BCUT2D eigenvalue weighted by Crippen LogP contribution is 2.11. The number of nitrogens with zero attached hydrogens (tertiary/aromatic N) is 1. The van der Waals surface area contributed by atoms with Crippen molar-refractivity contribution < 1.29 is 13.6 Å². The molecule has 0 radical (unpaired) electrons. The number of rotatable bonds is 2. The standard InChI is InChI=1S/C5H10F2N2O/c1-5(6,7)3-9(2)4(8)10/h3H2,1-2H3,(H2,8,10). The minimum atomic E-state index is -2.87. The molecule has 0 atom stereocenters. The van der Waals surface area contributed by atoms with Gasteiger partial charge in [-0.2, -0.15) is 0 Å². The Morgan fingerprint density at radius 1 is 1.70 bits per heavy atom. The molecule has 0 aliphatic carbocycles. The molecule has 60 valence electrons. The Kier molecular flexibility index (Phi) is 2.56. The van der Waals surface area contributed by atoms with E-state index in [0.717, 1.165) is 11.8 Å². The smallest absolute Gasteiger partial charge is 0.314 e. The van der Waals surface area contributed by atoms with Crippen molar-refractivity contribution >= 4 is 6.03 Å². The lowest BCUT2D eigenvalue weighted by atomic mass is 10.4. The van der Waals surface area contributed by atoms with Crippen molar-refractivity contribution in [3.05, 3.63) is 0 Å². The minimum absolute atomic E-state index is 0.637. The van der Waals surface area contributed by atoms with Crippen LogP contribution in [0.5, 0.6) is 0 Å². The number of primary amides is 1. The van der Waals surface area contributed by atoms with Crippen molar-refractivity contribution in [2.75, 3.05) is 13.6 Å². The van der Waals surface area contributed by atoms with E-state index >= 15 is 0 Å². The number of alkyl halides is 2. The molecule has 0 heterocycles. The van der Waals surface area contributed by atoms with E-state index in [-0.39, 0.29) is 0 Å². The Morgan fingerprint density at radius 3 is 2.20 bits per heavy atom. The average molecular weight is 152 g/mol. The number of carbonyl (C=O) groups excluding carboxylic acids is 1. The van der Waals surface area contributed by atoms with E-state index in [2.05, 4.69) is 0 Å². The number of halogens is 2. The molecule has 0 aromatic rings. The third kappa shape index (κ3) is 4.05. The van der Waals surface area contributed by atoms with Gasteiger partial charge in [0.05, 0.1) is 6.54 Å². The molecule has 0 spiro atoms. The first-order valence-corrected chi connectivity index (χ1v) is 2.71. The quantitative estimate of drug-likeness (QED) is 0.620. The van der Waals surface area contributed by atoms with Gasteiger partial charge in [0.15, 0.2) is 0 Å². The van der Waals surface area contributed by atoms with Crippen molar-refractivity contribution in [1.29, 1.82) is 0 Å². The van der Waals surface area contributed by atoms with Crippen molar-refractivity contribution in [3.8, 4) is 0 Å². The predicted octanol–water partition coefficient (Wildman–Crippen LogP) is 0.652. The molecule has 0 saturated heterocycles. The summed E-state index contributed by atoms with van der Waals surface area (Å²) < 4.78 is 24.2. The second-order valence-corrected chi connectivity index (χ2v) is 2.26. The molecule has 0 rings (SSSR count). The van der Waals surface area contributed by atoms with E-state index in [9.17, 15) is 13.6 Å².